The van der Waals surface area contributed by atoms with Crippen molar-refractivity contribution in [2.75, 3.05) is 11.9 Å². The van der Waals surface area contributed by atoms with Gasteiger partial charge in [0.1, 0.15) is 17.7 Å². The van der Waals surface area contributed by atoms with Gasteiger partial charge in [0.2, 0.25) is 0 Å². The Labute approximate surface area is 117 Å². The molecule has 0 radical (unpaired) electrons. The van der Waals surface area contributed by atoms with E-state index >= 15 is 0 Å². The lowest BCUT2D eigenvalue weighted by atomic mass is 10.3. The number of aromatic amines is 1. The van der Waals surface area contributed by atoms with Gasteiger partial charge in [-0.2, -0.15) is 0 Å². The van der Waals surface area contributed by atoms with E-state index in [-0.39, 0.29) is 0 Å². The molecule has 0 atom stereocenters. The van der Waals surface area contributed by atoms with Crippen molar-refractivity contribution in [1.29, 1.82) is 0 Å². The minimum absolute atomic E-state index is 0.862. The normalized spacial score (nSPS) is 11.1. The van der Waals surface area contributed by atoms with Gasteiger partial charge >= 0.3 is 0 Å². The summed E-state index contributed by atoms with van der Waals surface area (Å²) < 4.78 is 2.20. The first kappa shape index (κ1) is 12.7. The van der Waals surface area contributed by atoms with Crippen LogP contribution in [0.4, 0.5) is 5.82 Å². The Morgan fingerprint density at radius 3 is 3.15 bits per heavy atom. The third kappa shape index (κ3) is 2.49. The Balaban J connectivity index is 1.56. The van der Waals surface area contributed by atoms with E-state index in [0.29, 0.717) is 0 Å². The zero-order valence-electron chi connectivity index (χ0n) is 11.5. The maximum Gasteiger partial charge on any atom is 0.153 e. The number of aromatic nitrogens is 5. The smallest absolute Gasteiger partial charge is 0.153 e. The van der Waals surface area contributed by atoms with Crippen molar-refractivity contribution in [3.05, 3.63) is 36.8 Å². The highest BCUT2D eigenvalue weighted by Crippen LogP contribution is 2.16. The maximum atomic E-state index is 4.32. The van der Waals surface area contributed by atoms with E-state index in [4.69, 9.17) is 0 Å². The summed E-state index contributed by atoms with van der Waals surface area (Å²) >= 11 is 0. The standard InChI is InChI=1S/C14H18N6/c1-2-12-15-7-9-20(12)8-3-5-17-14-13-11(4-6-16-13)18-10-19-14/h4,6-7,9-10,16H,2-3,5,8H2,1H3,(H,17,18,19). The summed E-state index contributed by atoms with van der Waals surface area (Å²) in [7, 11) is 0. The first-order chi connectivity index (χ1) is 9.88. The lowest BCUT2D eigenvalue weighted by molar-refractivity contribution is 0.629. The number of rotatable bonds is 6. The summed E-state index contributed by atoms with van der Waals surface area (Å²) in [4.78, 5) is 16.0. The van der Waals surface area contributed by atoms with E-state index in [0.717, 1.165) is 48.6 Å². The van der Waals surface area contributed by atoms with Crippen LogP contribution in [-0.2, 0) is 13.0 Å². The van der Waals surface area contributed by atoms with Crippen molar-refractivity contribution in [2.45, 2.75) is 26.3 Å². The molecule has 3 rings (SSSR count). The molecule has 3 heterocycles. The van der Waals surface area contributed by atoms with Gasteiger partial charge in [0.25, 0.3) is 0 Å². The third-order valence-electron chi connectivity index (χ3n) is 3.33. The van der Waals surface area contributed by atoms with Gasteiger partial charge in [-0.15, -0.1) is 0 Å². The van der Waals surface area contributed by atoms with Crippen molar-refractivity contribution in [2.24, 2.45) is 0 Å². The minimum Gasteiger partial charge on any atom is -0.368 e. The molecule has 0 amide bonds. The average molecular weight is 270 g/mol. The second-order valence-corrected chi connectivity index (χ2v) is 4.63. The largest absolute Gasteiger partial charge is 0.368 e. The molecular weight excluding hydrogens is 252 g/mol. The van der Waals surface area contributed by atoms with Crippen molar-refractivity contribution < 1.29 is 0 Å². The van der Waals surface area contributed by atoms with Gasteiger partial charge in [0.15, 0.2) is 5.82 Å². The molecule has 0 aliphatic carbocycles. The third-order valence-corrected chi connectivity index (χ3v) is 3.33. The Morgan fingerprint density at radius 2 is 2.25 bits per heavy atom. The van der Waals surface area contributed by atoms with Crippen LogP contribution in [-0.4, -0.2) is 31.0 Å². The van der Waals surface area contributed by atoms with Gasteiger partial charge in [-0.25, -0.2) is 15.0 Å². The Kier molecular flexibility index (Phi) is 3.62. The SMILES string of the molecule is CCc1nccn1CCCNc1ncnc2cc[nH]c12. The lowest BCUT2D eigenvalue weighted by Gasteiger charge is -2.08. The number of aryl methyl sites for hydroxylation is 2. The molecule has 0 aliphatic heterocycles. The molecular formula is C14H18N6. The van der Waals surface area contributed by atoms with Gasteiger partial charge < -0.3 is 14.9 Å². The summed E-state index contributed by atoms with van der Waals surface area (Å²) in [5.41, 5.74) is 1.90. The van der Waals surface area contributed by atoms with E-state index in [1.807, 2.05) is 24.7 Å². The summed E-state index contributed by atoms with van der Waals surface area (Å²) in [6.07, 6.45) is 9.35. The zero-order chi connectivity index (χ0) is 13.8. The zero-order valence-corrected chi connectivity index (χ0v) is 11.5. The van der Waals surface area contributed by atoms with Gasteiger partial charge in [-0.3, -0.25) is 0 Å². The molecule has 3 aromatic rings. The van der Waals surface area contributed by atoms with Crippen LogP contribution in [0.2, 0.25) is 0 Å². The summed E-state index contributed by atoms with van der Waals surface area (Å²) in [5, 5.41) is 3.36. The number of hydrogen-bond acceptors (Lipinski definition) is 4. The monoisotopic (exact) mass is 270 g/mol. The van der Waals surface area contributed by atoms with E-state index < -0.39 is 0 Å². The van der Waals surface area contributed by atoms with E-state index in [2.05, 4.69) is 36.7 Å². The summed E-state index contributed by atoms with van der Waals surface area (Å²) in [6, 6.07) is 1.95. The van der Waals surface area contributed by atoms with Crippen molar-refractivity contribution >= 4 is 16.9 Å². The fourth-order valence-electron chi connectivity index (χ4n) is 2.32. The topological polar surface area (TPSA) is 71.4 Å². The first-order valence-electron chi connectivity index (χ1n) is 6.90. The molecule has 0 spiro atoms. The Morgan fingerprint density at radius 1 is 1.30 bits per heavy atom. The molecule has 0 saturated heterocycles. The predicted octanol–water partition coefficient (Wildman–Crippen LogP) is 2.22. The molecule has 3 aromatic heterocycles. The van der Waals surface area contributed by atoms with Crippen LogP contribution < -0.4 is 5.32 Å². The number of anilines is 1. The second-order valence-electron chi connectivity index (χ2n) is 4.63. The van der Waals surface area contributed by atoms with Crippen molar-refractivity contribution in [3.8, 4) is 0 Å². The number of hydrogen-bond donors (Lipinski definition) is 2. The van der Waals surface area contributed by atoms with Gasteiger partial charge in [0.05, 0.1) is 5.52 Å². The van der Waals surface area contributed by atoms with Crippen LogP contribution in [0.15, 0.2) is 31.0 Å². The molecule has 6 heteroatoms. The number of nitrogens with zero attached hydrogens (tertiary/aromatic N) is 4. The van der Waals surface area contributed by atoms with E-state index in [1.165, 1.54) is 0 Å². The summed E-state index contributed by atoms with van der Waals surface area (Å²) in [5.74, 6) is 2.00. The first-order valence-corrected chi connectivity index (χ1v) is 6.90. The number of nitrogens with one attached hydrogen (secondary N) is 2. The van der Waals surface area contributed by atoms with Crippen LogP contribution in [0.3, 0.4) is 0 Å². The molecule has 0 unspecified atom stereocenters. The quantitative estimate of drug-likeness (QED) is 0.674. The number of imidazole rings is 1. The van der Waals surface area contributed by atoms with Crippen LogP contribution in [0.25, 0.3) is 11.0 Å². The molecule has 104 valence electrons. The molecule has 0 aliphatic rings. The molecule has 20 heavy (non-hydrogen) atoms. The minimum atomic E-state index is 0.862. The van der Waals surface area contributed by atoms with Crippen LogP contribution in [0.5, 0.6) is 0 Å². The van der Waals surface area contributed by atoms with Crippen molar-refractivity contribution in [1.82, 2.24) is 24.5 Å². The van der Waals surface area contributed by atoms with Crippen LogP contribution >= 0.6 is 0 Å². The fourth-order valence-corrected chi connectivity index (χ4v) is 2.32. The highest BCUT2D eigenvalue weighted by Gasteiger charge is 2.04. The number of H-pyrrole nitrogens is 1. The summed E-state index contributed by atoms with van der Waals surface area (Å²) in [6.45, 7) is 3.96. The van der Waals surface area contributed by atoms with E-state index in [1.54, 1.807) is 6.33 Å². The fraction of sp³-hybridized carbons (Fsp3) is 0.357. The highest BCUT2D eigenvalue weighted by atomic mass is 15.1. The molecule has 6 nitrogen and oxygen atoms in total. The number of fused-ring (bicyclic) bond motifs is 1. The molecule has 0 saturated carbocycles. The van der Waals surface area contributed by atoms with Gasteiger partial charge in [0, 0.05) is 38.1 Å². The highest BCUT2D eigenvalue weighted by molar-refractivity contribution is 5.85. The molecule has 0 aromatic carbocycles. The molecule has 2 N–H and O–H groups in total. The van der Waals surface area contributed by atoms with Gasteiger partial charge in [-0.05, 0) is 12.5 Å². The van der Waals surface area contributed by atoms with Crippen molar-refractivity contribution in [3.63, 3.8) is 0 Å². The van der Waals surface area contributed by atoms with Crippen LogP contribution in [0.1, 0.15) is 19.2 Å². The Hall–Kier alpha value is -2.37. The predicted molar refractivity (Wildman–Crippen MR) is 78.6 cm³/mol. The maximum absolute atomic E-state index is 4.32. The lowest BCUT2D eigenvalue weighted by Crippen LogP contribution is -2.09. The van der Waals surface area contributed by atoms with Crippen LogP contribution in [0, 0.1) is 0 Å². The molecule has 0 fully saturated rings. The Bertz CT molecular complexity index is 684. The van der Waals surface area contributed by atoms with Gasteiger partial charge in [-0.1, -0.05) is 6.92 Å². The van der Waals surface area contributed by atoms with E-state index in [9.17, 15) is 0 Å². The second kappa shape index (κ2) is 5.73. The molecule has 0 bridgehead atoms. The average Bonchev–Trinajstić information content (AvgIpc) is 3.12.